The van der Waals surface area contributed by atoms with Crippen molar-refractivity contribution in [2.45, 2.75) is 20.3 Å². The lowest BCUT2D eigenvalue weighted by Gasteiger charge is -2.08. The highest BCUT2D eigenvalue weighted by Crippen LogP contribution is 2.16. The maximum atomic E-state index is 11.7. The average molecular weight is 260 g/mol. The minimum Gasteiger partial charge on any atom is -0.381 e. The van der Waals surface area contributed by atoms with Crippen molar-refractivity contribution in [2.24, 2.45) is 5.73 Å². The zero-order chi connectivity index (χ0) is 14.1. The molecule has 0 saturated heterocycles. The van der Waals surface area contributed by atoms with E-state index in [4.69, 9.17) is 10.5 Å². The Bertz CT molecular complexity index is 487. The number of hydrogen-bond acceptors (Lipinski definition) is 3. The van der Waals surface area contributed by atoms with E-state index in [9.17, 15) is 4.79 Å². The summed E-state index contributed by atoms with van der Waals surface area (Å²) in [6.07, 6.45) is 0.339. The van der Waals surface area contributed by atoms with Gasteiger partial charge in [0, 0.05) is 12.2 Å². The molecule has 1 aromatic carbocycles. The molecule has 0 aliphatic heterocycles. The molecule has 1 rings (SSSR count). The van der Waals surface area contributed by atoms with Crippen LogP contribution >= 0.6 is 0 Å². The number of hydrogen-bond donors (Lipinski definition) is 2. The summed E-state index contributed by atoms with van der Waals surface area (Å²) in [5.41, 5.74) is 7.96. The van der Waals surface area contributed by atoms with Crippen molar-refractivity contribution in [3.05, 3.63) is 29.3 Å². The smallest absolute Gasteiger partial charge is 0.226 e. The molecule has 0 aliphatic carbocycles. The molecule has 0 spiro atoms. The maximum Gasteiger partial charge on any atom is 0.226 e. The third-order valence-electron chi connectivity index (χ3n) is 2.45. The molecule has 0 radical (unpaired) electrons. The summed E-state index contributed by atoms with van der Waals surface area (Å²) in [7, 11) is 0. The molecule has 0 saturated carbocycles. The second kappa shape index (κ2) is 8.30. The average Bonchev–Trinajstić information content (AvgIpc) is 2.39. The quantitative estimate of drug-likeness (QED) is 0.625. The predicted octanol–water partition coefficient (Wildman–Crippen LogP) is 1.67. The van der Waals surface area contributed by atoms with Crippen LogP contribution in [-0.2, 0) is 9.53 Å². The SMILES string of the molecule is CCOCCC(=O)Nc1ccc(C)cc1C#CCN. The summed E-state index contributed by atoms with van der Waals surface area (Å²) in [6, 6.07) is 5.72. The van der Waals surface area contributed by atoms with Crippen LogP contribution in [0.1, 0.15) is 24.5 Å². The van der Waals surface area contributed by atoms with E-state index in [1.54, 1.807) is 0 Å². The number of anilines is 1. The number of ether oxygens (including phenoxy) is 1. The Morgan fingerprint density at radius 2 is 2.26 bits per heavy atom. The van der Waals surface area contributed by atoms with Gasteiger partial charge in [0.05, 0.1) is 25.3 Å². The third-order valence-corrected chi connectivity index (χ3v) is 2.45. The van der Waals surface area contributed by atoms with Crippen LogP contribution in [0.25, 0.3) is 0 Å². The summed E-state index contributed by atoms with van der Waals surface area (Å²) in [4.78, 5) is 11.7. The maximum absolute atomic E-state index is 11.7. The van der Waals surface area contributed by atoms with E-state index in [0.717, 1.165) is 11.1 Å². The summed E-state index contributed by atoms with van der Waals surface area (Å²) in [5.74, 6) is 5.69. The van der Waals surface area contributed by atoms with Crippen LogP contribution in [0.2, 0.25) is 0 Å². The Balaban J connectivity index is 2.74. The first-order chi connectivity index (χ1) is 9.17. The number of carbonyl (C=O) groups is 1. The lowest BCUT2D eigenvalue weighted by molar-refractivity contribution is -0.117. The van der Waals surface area contributed by atoms with Gasteiger partial charge in [-0.15, -0.1) is 0 Å². The predicted molar refractivity (Wildman–Crippen MR) is 76.9 cm³/mol. The first-order valence-corrected chi connectivity index (χ1v) is 6.34. The summed E-state index contributed by atoms with van der Waals surface area (Å²) < 4.78 is 5.15. The highest BCUT2D eigenvalue weighted by Gasteiger charge is 2.05. The Hall–Kier alpha value is -1.83. The van der Waals surface area contributed by atoms with Gasteiger partial charge in [0.2, 0.25) is 5.91 Å². The van der Waals surface area contributed by atoms with E-state index in [0.29, 0.717) is 31.9 Å². The Labute approximate surface area is 114 Å². The Kier molecular flexibility index (Phi) is 6.65. The van der Waals surface area contributed by atoms with Crippen LogP contribution in [0.3, 0.4) is 0 Å². The molecule has 0 bridgehead atoms. The lowest BCUT2D eigenvalue weighted by Crippen LogP contribution is -2.15. The minimum atomic E-state index is -0.0758. The van der Waals surface area contributed by atoms with Crippen LogP contribution < -0.4 is 11.1 Å². The van der Waals surface area contributed by atoms with Gasteiger partial charge < -0.3 is 15.8 Å². The third kappa shape index (κ3) is 5.56. The molecular weight excluding hydrogens is 240 g/mol. The zero-order valence-corrected chi connectivity index (χ0v) is 11.5. The molecule has 1 aromatic rings. The van der Waals surface area contributed by atoms with Gasteiger partial charge in [-0.3, -0.25) is 4.79 Å². The number of carbonyl (C=O) groups excluding carboxylic acids is 1. The van der Waals surface area contributed by atoms with Gasteiger partial charge in [-0.05, 0) is 31.5 Å². The van der Waals surface area contributed by atoms with Gasteiger partial charge in [-0.2, -0.15) is 0 Å². The molecule has 19 heavy (non-hydrogen) atoms. The van der Waals surface area contributed by atoms with Crippen molar-refractivity contribution in [3.63, 3.8) is 0 Å². The molecule has 102 valence electrons. The Morgan fingerprint density at radius 1 is 1.47 bits per heavy atom. The van der Waals surface area contributed by atoms with E-state index < -0.39 is 0 Å². The van der Waals surface area contributed by atoms with Crippen molar-refractivity contribution in [1.29, 1.82) is 0 Å². The number of rotatable bonds is 5. The van der Waals surface area contributed by atoms with Crippen molar-refractivity contribution in [2.75, 3.05) is 25.1 Å². The van der Waals surface area contributed by atoms with E-state index >= 15 is 0 Å². The second-order valence-electron chi connectivity index (χ2n) is 4.05. The van der Waals surface area contributed by atoms with Gasteiger partial charge in [-0.25, -0.2) is 0 Å². The fourth-order valence-corrected chi connectivity index (χ4v) is 1.54. The normalized spacial score (nSPS) is 9.63. The van der Waals surface area contributed by atoms with Gasteiger partial charge in [0.25, 0.3) is 0 Å². The van der Waals surface area contributed by atoms with Gasteiger partial charge in [0.1, 0.15) is 0 Å². The fraction of sp³-hybridized carbons (Fsp3) is 0.400. The number of benzene rings is 1. The number of nitrogens with two attached hydrogens (primary N) is 1. The molecule has 0 aliphatic rings. The Morgan fingerprint density at radius 3 is 2.95 bits per heavy atom. The van der Waals surface area contributed by atoms with Crippen molar-refractivity contribution < 1.29 is 9.53 Å². The van der Waals surface area contributed by atoms with E-state index in [2.05, 4.69) is 17.2 Å². The zero-order valence-electron chi connectivity index (χ0n) is 11.5. The minimum absolute atomic E-state index is 0.0758. The van der Waals surface area contributed by atoms with Crippen LogP contribution in [0.4, 0.5) is 5.69 Å². The van der Waals surface area contributed by atoms with E-state index in [1.807, 2.05) is 32.0 Å². The molecule has 0 unspecified atom stereocenters. The van der Waals surface area contributed by atoms with Crippen LogP contribution in [-0.4, -0.2) is 25.7 Å². The van der Waals surface area contributed by atoms with Crippen molar-refractivity contribution >= 4 is 11.6 Å². The molecule has 4 heteroatoms. The fourth-order valence-electron chi connectivity index (χ4n) is 1.54. The molecular formula is C15H20N2O2. The molecule has 0 heterocycles. The van der Waals surface area contributed by atoms with Gasteiger partial charge >= 0.3 is 0 Å². The first-order valence-electron chi connectivity index (χ1n) is 6.34. The van der Waals surface area contributed by atoms with E-state index in [1.165, 1.54) is 0 Å². The van der Waals surface area contributed by atoms with Crippen LogP contribution in [0, 0.1) is 18.8 Å². The largest absolute Gasteiger partial charge is 0.381 e. The molecule has 0 fully saturated rings. The van der Waals surface area contributed by atoms with Crippen molar-refractivity contribution in [3.8, 4) is 11.8 Å². The second-order valence-corrected chi connectivity index (χ2v) is 4.05. The molecule has 4 nitrogen and oxygen atoms in total. The monoisotopic (exact) mass is 260 g/mol. The first kappa shape index (κ1) is 15.2. The highest BCUT2D eigenvalue weighted by molar-refractivity contribution is 5.92. The summed E-state index contributed by atoms with van der Waals surface area (Å²) in [5, 5.41) is 2.84. The molecule has 0 aromatic heterocycles. The molecule has 0 atom stereocenters. The van der Waals surface area contributed by atoms with Crippen LogP contribution in [0.5, 0.6) is 0 Å². The number of amides is 1. The van der Waals surface area contributed by atoms with Crippen molar-refractivity contribution in [1.82, 2.24) is 0 Å². The summed E-state index contributed by atoms with van der Waals surface area (Å²) in [6.45, 7) is 5.22. The molecule has 1 amide bonds. The lowest BCUT2D eigenvalue weighted by atomic mass is 10.1. The summed E-state index contributed by atoms with van der Waals surface area (Å²) >= 11 is 0. The number of aryl methyl sites for hydroxylation is 1. The standard InChI is InChI=1S/C15H20N2O2/c1-3-19-10-8-15(18)17-14-7-6-12(2)11-13(14)5-4-9-16/h6-7,11H,3,8-10,16H2,1-2H3,(H,17,18). The topological polar surface area (TPSA) is 64.3 Å². The van der Waals surface area contributed by atoms with Crippen LogP contribution in [0.15, 0.2) is 18.2 Å². The van der Waals surface area contributed by atoms with E-state index in [-0.39, 0.29) is 5.91 Å². The highest BCUT2D eigenvalue weighted by atomic mass is 16.5. The van der Waals surface area contributed by atoms with Gasteiger partial charge in [0.15, 0.2) is 0 Å². The van der Waals surface area contributed by atoms with Gasteiger partial charge in [-0.1, -0.05) is 17.9 Å². The molecule has 3 N–H and O–H groups in total. The number of nitrogens with one attached hydrogen (secondary N) is 1.